The maximum atomic E-state index is 15.0. The van der Waals surface area contributed by atoms with Crippen LogP contribution in [0.15, 0.2) is 91.5 Å². The molecule has 4 rings (SSSR count). The normalized spacial score (nSPS) is 11.2. The van der Waals surface area contributed by atoms with Crippen molar-refractivity contribution in [1.29, 1.82) is 0 Å². The zero-order valence-corrected chi connectivity index (χ0v) is 17.7. The molecule has 4 aromatic rings. The lowest BCUT2D eigenvalue weighted by Crippen LogP contribution is -2.04. The van der Waals surface area contributed by atoms with Crippen molar-refractivity contribution in [2.24, 2.45) is 0 Å². The Hall–Kier alpha value is -3.84. The number of halogens is 4. The zero-order valence-electron chi connectivity index (χ0n) is 17.7. The molecule has 0 unspecified atom stereocenters. The van der Waals surface area contributed by atoms with Crippen LogP contribution in [-0.2, 0) is 12.6 Å². The van der Waals surface area contributed by atoms with E-state index in [9.17, 15) is 13.2 Å². The minimum absolute atomic E-state index is 0.196. The molecule has 0 aromatic heterocycles. The van der Waals surface area contributed by atoms with E-state index in [1.807, 2.05) is 18.2 Å². The molecule has 0 N–H and O–H groups in total. The second-order valence-corrected chi connectivity index (χ2v) is 7.71. The Morgan fingerprint density at radius 2 is 1.48 bits per heavy atom. The minimum atomic E-state index is -4.40. The summed E-state index contributed by atoms with van der Waals surface area (Å²) < 4.78 is 53.1. The van der Waals surface area contributed by atoms with Crippen molar-refractivity contribution in [1.82, 2.24) is 0 Å². The van der Waals surface area contributed by atoms with Crippen LogP contribution < -0.4 is 0 Å². The molecule has 0 radical (unpaired) electrons. The standard InChI is InChI=1S/C29H20F4/c1-2-3-4-20-5-10-22(11-6-20)24-15-18-27-25(19-24)14-13-23(28(27)30)12-7-21-8-16-26(17-9-21)29(31,32)33/h2,5-6,8-11,13-19H,1,3-4H2. The van der Waals surface area contributed by atoms with Crippen LogP contribution in [0.25, 0.3) is 21.9 Å². The van der Waals surface area contributed by atoms with Gasteiger partial charge in [-0.05, 0) is 71.3 Å². The topological polar surface area (TPSA) is 0 Å². The summed E-state index contributed by atoms with van der Waals surface area (Å²) in [7, 11) is 0. The molecule has 0 aliphatic carbocycles. The molecule has 0 atom stereocenters. The molecule has 0 heterocycles. The molecule has 0 aliphatic rings. The lowest BCUT2D eigenvalue weighted by Gasteiger charge is -2.07. The van der Waals surface area contributed by atoms with Crippen molar-refractivity contribution < 1.29 is 17.6 Å². The Bertz CT molecular complexity index is 1350. The SMILES string of the molecule is C=CCCc1ccc(-c2ccc3c(F)c(C#Cc4ccc(C(F)(F)F)cc4)ccc3c2)cc1. The van der Waals surface area contributed by atoms with Gasteiger partial charge in [-0.15, -0.1) is 6.58 Å². The Kier molecular flexibility index (Phi) is 6.33. The summed E-state index contributed by atoms with van der Waals surface area (Å²) in [6, 6.07) is 21.7. The van der Waals surface area contributed by atoms with Crippen molar-refractivity contribution >= 4 is 10.8 Å². The maximum Gasteiger partial charge on any atom is 0.416 e. The van der Waals surface area contributed by atoms with E-state index in [0.29, 0.717) is 10.9 Å². The van der Waals surface area contributed by atoms with Gasteiger partial charge in [0.1, 0.15) is 5.82 Å². The summed E-state index contributed by atoms with van der Waals surface area (Å²) in [5, 5.41) is 1.20. The molecule has 0 spiro atoms. The summed E-state index contributed by atoms with van der Waals surface area (Å²) in [6.45, 7) is 3.74. The first-order valence-electron chi connectivity index (χ1n) is 10.5. The molecule has 4 heteroatoms. The van der Waals surface area contributed by atoms with Gasteiger partial charge in [-0.3, -0.25) is 0 Å². The highest BCUT2D eigenvalue weighted by atomic mass is 19.4. The summed E-state index contributed by atoms with van der Waals surface area (Å²) >= 11 is 0. The third-order valence-electron chi connectivity index (χ3n) is 5.43. The highest BCUT2D eigenvalue weighted by Crippen LogP contribution is 2.29. The maximum absolute atomic E-state index is 15.0. The van der Waals surface area contributed by atoms with Gasteiger partial charge in [0, 0.05) is 10.9 Å². The van der Waals surface area contributed by atoms with Gasteiger partial charge in [0.15, 0.2) is 0 Å². The van der Waals surface area contributed by atoms with Gasteiger partial charge in [0.25, 0.3) is 0 Å². The Morgan fingerprint density at radius 3 is 2.15 bits per heavy atom. The van der Waals surface area contributed by atoms with Gasteiger partial charge in [0.05, 0.1) is 11.1 Å². The van der Waals surface area contributed by atoms with Gasteiger partial charge < -0.3 is 0 Å². The monoisotopic (exact) mass is 444 g/mol. The second kappa shape index (κ2) is 9.34. The summed E-state index contributed by atoms with van der Waals surface area (Å²) in [5.74, 6) is 5.03. The van der Waals surface area contributed by atoms with Crippen molar-refractivity contribution in [3.05, 3.63) is 120 Å². The van der Waals surface area contributed by atoms with Gasteiger partial charge >= 0.3 is 6.18 Å². The van der Waals surface area contributed by atoms with Crippen molar-refractivity contribution in [2.75, 3.05) is 0 Å². The highest BCUT2D eigenvalue weighted by molar-refractivity contribution is 5.89. The van der Waals surface area contributed by atoms with E-state index in [-0.39, 0.29) is 5.56 Å². The largest absolute Gasteiger partial charge is 0.416 e. The van der Waals surface area contributed by atoms with E-state index in [4.69, 9.17) is 0 Å². The average Bonchev–Trinajstić information content (AvgIpc) is 2.82. The van der Waals surface area contributed by atoms with Crippen molar-refractivity contribution in [3.8, 4) is 23.0 Å². The molecule has 4 aromatic carbocycles. The smallest absolute Gasteiger partial charge is 0.205 e. The fourth-order valence-electron chi connectivity index (χ4n) is 3.58. The first kappa shape index (κ1) is 22.4. The van der Waals surface area contributed by atoms with E-state index in [1.54, 1.807) is 18.2 Å². The van der Waals surface area contributed by atoms with Crippen LogP contribution >= 0.6 is 0 Å². The molecule has 0 amide bonds. The number of hydrogen-bond acceptors (Lipinski definition) is 0. The van der Waals surface area contributed by atoms with E-state index in [1.165, 1.54) is 17.7 Å². The number of allylic oxidation sites excluding steroid dienone is 1. The van der Waals surface area contributed by atoms with Crippen LogP contribution in [-0.4, -0.2) is 0 Å². The van der Waals surface area contributed by atoms with Crippen LogP contribution in [0.1, 0.15) is 28.7 Å². The zero-order chi connectivity index (χ0) is 23.4. The molecule has 0 aliphatic heterocycles. The Morgan fingerprint density at radius 1 is 0.788 bits per heavy atom. The van der Waals surface area contributed by atoms with Gasteiger partial charge in [-0.2, -0.15) is 13.2 Å². The quantitative estimate of drug-likeness (QED) is 0.169. The van der Waals surface area contributed by atoms with E-state index in [0.717, 1.165) is 41.5 Å². The van der Waals surface area contributed by atoms with Crippen LogP contribution in [0.5, 0.6) is 0 Å². The molecule has 0 fully saturated rings. The van der Waals surface area contributed by atoms with Gasteiger partial charge in [-0.1, -0.05) is 60.4 Å². The molecule has 33 heavy (non-hydrogen) atoms. The van der Waals surface area contributed by atoms with Crippen LogP contribution in [0.3, 0.4) is 0 Å². The van der Waals surface area contributed by atoms with Crippen LogP contribution in [0, 0.1) is 17.7 Å². The highest BCUT2D eigenvalue weighted by Gasteiger charge is 2.29. The second-order valence-electron chi connectivity index (χ2n) is 7.71. The van der Waals surface area contributed by atoms with E-state index < -0.39 is 17.6 Å². The molecular formula is C29H20F4. The number of aryl methyl sites for hydroxylation is 1. The molecule has 0 bridgehead atoms. The first-order valence-corrected chi connectivity index (χ1v) is 10.5. The number of rotatable bonds is 4. The molecular weight excluding hydrogens is 424 g/mol. The molecule has 0 nitrogen and oxygen atoms in total. The number of benzene rings is 4. The number of fused-ring (bicyclic) bond motifs is 1. The predicted octanol–water partition coefficient (Wildman–Crippen LogP) is 8.18. The van der Waals surface area contributed by atoms with Crippen molar-refractivity contribution in [2.45, 2.75) is 19.0 Å². The lowest BCUT2D eigenvalue weighted by molar-refractivity contribution is -0.137. The van der Waals surface area contributed by atoms with E-state index in [2.05, 4.69) is 42.7 Å². The number of alkyl halides is 3. The lowest BCUT2D eigenvalue weighted by atomic mass is 9.98. The van der Waals surface area contributed by atoms with Crippen LogP contribution in [0.2, 0.25) is 0 Å². The average molecular weight is 444 g/mol. The fourth-order valence-corrected chi connectivity index (χ4v) is 3.58. The molecule has 0 saturated heterocycles. The number of hydrogen-bond donors (Lipinski definition) is 0. The summed E-state index contributed by atoms with van der Waals surface area (Å²) in [5.41, 5.74) is 3.11. The molecule has 164 valence electrons. The summed E-state index contributed by atoms with van der Waals surface area (Å²) in [4.78, 5) is 0. The molecule has 0 saturated carbocycles. The van der Waals surface area contributed by atoms with E-state index >= 15 is 4.39 Å². The van der Waals surface area contributed by atoms with Gasteiger partial charge in [-0.25, -0.2) is 4.39 Å². The predicted molar refractivity (Wildman–Crippen MR) is 125 cm³/mol. The summed E-state index contributed by atoms with van der Waals surface area (Å²) in [6.07, 6.45) is -0.627. The third-order valence-corrected chi connectivity index (χ3v) is 5.43. The third kappa shape index (κ3) is 5.15. The Balaban J connectivity index is 1.59. The minimum Gasteiger partial charge on any atom is -0.205 e. The Labute approximate surface area is 190 Å². The van der Waals surface area contributed by atoms with Crippen LogP contribution in [0.4, 0.5) is 17.6 Å². The first-order chi connectivity index (χ1) is 15.8. The fraction of sp³-hybridized carbons (Fsp3) is 0.103. The van der Waals surface area contributed by atoms with Crippen molar-refractivity contribution in [3.63, 3.8) is 0 Å². The van der Waals surface area contributed by atoms with Gasteiger partial charge in [0.2, 0.25) is 0 Å².